The van der Waals surface area contributed by atoms with Crippen LogP contribution in [0.25, 0.3) is 5.13 Å². The van der Waals surface area contributed by atoms with Crippen molar-refractivity contribution < 1.29 is 9.90 Å². The monoisotopic (exact) mass is 224 g/mol. The van der Waals surface area contributed by atoms with Gasteiger partial charge in [-0.1, -0.05) is 16.6 Å². The maximum Gasteiger partial charge on any atom is 0.358 e. The van der Waals surface area contributed by atoms with E-state index in [4.69, 9.17) is 5.11 Å². The van der Waals surface area contributed by atoms with Gasteiger partial charge in [0.2, 0.25) is 5.13 Å². The summed E-state index contributed by atoms with van der Waals surface area (Å²) in [6.45, 7) is 3.84. The molecule has 0 atom stereocenters. The summed E-state index contributed by atoms with van der Waals surface area (Å²) in [6, 6.07) is 0. The third-order valence-corrected chi connectivity index (χ3v) is 2.99. The van der Waals surface area contributed by atoms with Crippen molar-refractivity contribution in [2.75, 3.05) is 0 Å². The Kier molecular flexibility index (Phi) is 2.24. The van der Waals surface area contributed by atoms with Gasteiger partial charge in [0.15, 0.2) is 5.69 Å². The van der Waals surface area contributed by atoms with Crippen molar-refractivity contribution in [2.45, 2.75) is 13.8 Å². The fourth-order valence-electron chi connectivity index (χ4n) is 1.01. The standard InChI is InChI=1S/C8H8N4O2S/c1-4-5(2)15-8(9-4)12-3-6(7(13)14)10-11-12/h3H,1-2H3,(H,13,14). The third-order valence-electron chi connectivity index (χ3n) is 1.93. The van der Waals surface area contributed by atoms with Crippen LogP contribution < -0.4 is 0 Å². The van der Waals surface area contributed by atoms with Crippen LogP contribution in [0, 0.1) is 13.8 Å². The lowest BCUT2D eigenvalue weighted by Gasteiger charge is -1.89. The van der Waals surface area contributed by atoms with Crippen molar-refractivity contribution in [3.8, 4) is 5.13 Å². The Bertz CT molecular complexity index is 497. The number of aromatic carboxylic acids is 1. The first-order valence-electron chi connectivity index (χ1n) is 4.18. The second-order valence-electron chi connectivity index (χ2n) is 2.99. The molecule has 2 aromatic rings. The summed E-state index contributed by atoms with van der Waals surface area (Å²) >= 11 is 1.45. The van der Waals surface area contributed by atoms with Gasteiger partial charge in [0, 0.05) is 4.88 Å². The molecule has 0 saturated carbocycles. The first-order chi connectivity index (χ1) is 7.08. The van der Waals surface area contributed by atoms with E-state index < -0.39 is 5.97 Å². The van der Waals surface area contributed by atoms with Crippen LogP contribution in [0.4, 0.5) is 0 Å². The summed E-state index contributed by atoms with van der Waals surface area (Å²) in [5, 5.41) is 16.5. The fourth-order valence-corrected chi connectivity index (χ4v) is 1.84. The van der Waals surface area contributed by atoms with Gasteiger partial charge in [-0.15, -0.1) is 5.10 Å². The van der Waals surface area contributed by atoms with Crippen molar-refractivity contribution in [1.29, 1.82) is 0 Å². The van der Waals surface area contributed by atoms with Gasteiger partial charge < -0.3 is 5.11 Å². The number of aryl methyl sites for hydroxylation is 2. The second-order valence-corrected chi connectivity index (χ2v) is 4.17. The molecule has 2 aromatic heterocycles. The molecule has 78 valence electrons. The lowest BCUT2D eigenvalue weighted by atomic mass is 10.4. The van der Waals surface area contributed by atoms with Crippen molar-refractivity contribution in [1.82, 2.24) is 20.0 Å². The minimum Gasteiger partial charge on any atom is -0.476 e. The largest absolute Gasteiger partial charge is 0.476 e. The van der Waals surface area contributed by atoms with E-state index in [0.717, 1.165) is 10.6 Å². The molecule has 2 rings (SSSR count). The van der Waals surface area contributed by atoms with E-state index in [1.165, 1.54) is 22.2 Å². The molecule has 0 fully saturated rings. The zero-order valence-corrected chi connectivity index (χ0v) is 8.95. The Labute approximate surface area is 89.2 Å². The van der Waals surface area contributed by atoms with Gasteiger partial charge in [-0.3, -0.25) is 0 Å². The Morgan fingerprint density at radius 1 is 1.53 bits per heavy atom. The summed E-state index contributed by atoms with van der Waals surface area (Å²) in [4.78, 5) is 15.9. The van der Waals surface area contributed by atoms with Gasteiger partial charge in [-0.2, -0.15) is 4.68 Å². The molecule has 15 heavy (non-hydrogen) atoms. The molecule has 0 bridgehead atoms. The van der Waals surface area contributed by atoms with Gasteiger partial charge in [0.25, 0.3) is 0 Å². The molecule has 0 aliphatic carbocycles. The number of carbonyl (C=O) groups is 1. The number of hydrogen-bond acceptors (Lipinski definition) is 5. The van der Waals surface area contributed by atoms with Crippen molar-refractivity contribution in [3.63, 3.8) is 0 Å². The molecule has 0 spiro atoms. The fraction of sp³-hybridized carbons (Fsp3) is 0.250. The summed E-state index contributed by atoms with van der Waals surface area (Å²) in [6.07, 6.45) is 1.35. The van der Waals surface area contributed by atoms with E-state index in [1.54, 1.807) is 0 Å². The molecule has 1 N–H and O–H groups in total. The minimum absolute atomic E-state index is 0.0829. The number of carboxylic acids is 1. The number of nitrogens with zero attached hydrogens (tertiary/aromatic N) is 4. The zero-order valence-electron chi connectivity index (χ0n) is 8.13. The quantitative estimate of drug-likeness (QED) is 0.824. The highest BCUT2D eigenvalue weighted by Gasteiger charge is 2.12. The predicted octanol–water partition coefficient (Wildman–Crippen LogP) is 1.04. The molecule has 0 aromatic carbocycles. The topological polar surface area (TPSA) is 80.9 Å². The first-order valence-corrected chi connectivity index (χ1v) is 4.99. The van der Waals surface area contributed by atoms with Gasteiger partial charge in [-0.05, 0) is 13.8 Å². The molecule has 0 aliphatic rings. The highest BCUT2D eigenvalue weighted by molar-refractivity contribution is 7.14. The van der Waals surface area contributed by atoms with Crippen molar-refractivity contribution >= 4 is 17.3 Å². The molecule has 0 aliphatic heterocycles. The molecule has 0 amide bonds. The molecule has 2 heterocycles. The summed E-state index contributed by atoms with van der Waals surface area (Å²) in [5.74, 6) is -1.09. The zero-order chi connectivity index (χ0) is 11.0. The molecule has 0 saturated heterocycles. The van der Waals surface area contributed by atoms with E-state index in [2.05, 4.69) is 15.3 Å². The van der Waals surface area contributed by atoms with Crippen LogP contribution in [0.15, 0.2) is 6.20 Å². The average molecular weight is 224 g/mol. The van der Waals surface area contributed by atoms with E-state index in [0.29, 0.717) is 5.13 Å². The summed E-state index contributed by atoms with van der Waals surface area (Å²) in [7, 11) is 0. The molecule has 6 nitrogen and oxygen atoms in total. The Balaban J connectivity index is 2.41. The minimum atomic E-state index is -1.09. The Hall–Kier alpha value is -1.76. The number of rotatable bonds is 2. The maximum atomic E-state index is 10.6. The number of thiazole rings is 1. The second kappa shape index (κ2) is 3.43. The van der Waals surface area contributed by atoms with Crippen LogP contribution in [-0.2, 0) is 0 Å². The van der Waals surface area contributed by atoms with Crippen LogP contribution in [0.3, 0.4) is 0 Å². The summed E-state index contributed by atoms with van der Waals surface area (Å²) in [5.41, 5.74) is 0.836. The van der Waals surface area contributed by atoms with Gasteiger partial charge >= 0.3 is 5.97 Å². The molecule has 7 heteroatoms. The van der Waals surface area contributed by atoms with E-state index >= 15 is 0 Å². The van der Waals surface area contributed by atoms with E-state index in [9.17, 15) is 4.79 Å². The van der Waals surface area contributed by atoms with Gasteiger partial charge in [0.1, 0.15) is 0 Å². The van der Waals surface area contributed by atoms with Crippen molar-refractivity contribution in [3.05, 3.63) is 22.5 Å². The molecule has 0 radical (unpaired) electrons. The SMILES string of the molecule is Cc1nc(-n2cc(C(=O)O)nn2)sc1C. The van der Waals surface area contributed by atoms with Gasteiger partial charge in [-0.25, -0.2) is 9.78 Å². The third kappa shape index (κ3) is 1.73. The van der Waals surface area contributed by atoms with E-state index in [-0.39, 0.29) is 5.69 Å². The highest BCUT2D eigenvalue weighted by Crippen LogP contribution is 2.19. The number of hydrogen-bond donors (Lipinski definition) is 1. The first kappa shape index (κ1) is 9.78. The molecule has 0 unspecified atom stereocenters. The molecular weight excluding hydrogens is 216 g/mol. The Morgan fingerprint density at radius 2 is 2.27 bits per heavy atom. The molecular formula is C8H8N4O2S. The van der Waals surface area contributed by atoms with E-state index in [1.807, 2.05) is 13.8 Å². The van der Waals surface area contributed by atoms with Crippen LogP contribution in [0.5, 0.6) is 0 Å². The lowest BCUT2D eigenvalue weighted by molar-refractivity contribution is 0.0690. The normalized spacial score (nSPS) is 10.5. The van der Waals surface area contributed by atoms with Crippen LogP contribution in [0.1, 0.15) is 21.1 Å². The predicted molar refractivity (Wildman–Crippen MR) is 53.5 cm³/mol. The maximum absolute atomic E-state index is 10.6. The smallest absolute Gasteiger partial charge is 0.358 e. The number of aromatic nitrogens is 4. The van der Waals surface area contributed by atoms with Gasteiger partial charge in [0.05, 0.1) is 11.9 Å². The van der Waals surface area contributed by atoms with Crippen LogP contribution in [0.2, 0.25) is 0 Å². The average Bonchev–Trinajstić information content (AvgIpc) is 2.74. The van der Waals surface area contributed by atoms with Crippen LogP contribution in [-0.4, -0.2) is 31.1 Å². The highest BCUT2D eigenvalue weighted by atomic mass is 32.1. The van der Waals surface area contributed by atoms with Crippen molar-refractivity contribution in [2.24, 2.45) is 0 Å². The summed E-state index contributed by atoms with van der Waals surface area (Å²) < 4.78 is 1.37. The Morgan fingerprint density at radius 3 is 2.73 bits per heavy atom. The number of carboxylic acid groups (broad SMARTS) is 1. The van der Waals surface area contributed by atoms with Crippen LogP contribution >= 0.6 is 11.3 Å². The lowest BCUT2D eigenvalue weighted by Crippen LogP contribution is -1.95.